The lowest BCUT2D eigenvalue weighted by molar-refractivity contribution is -0.125. The van der Waals surface area contributed by atoms with Crippen molar-refractivity contribution in [3.63, 3.8) is 0 Å². The number of carbonyl (C=O) groups excluding carboxylic acids is 2. The lowest BCUT2D eigenvalue weighted by atomic mass is 9.95. The molecule has 4 heterocycles. The van der Waals surface area contributed by atoms with Gasteiger partial charge in [-0.25, -0.2) is 9.55 Å². The number of rotatable bonds is 13. The van der Waals surface area contributed by atoms with Gasteiger partial charge in [-0.05, 0) is 85.8 Å². The summed E-state index contributed by atoms with van der Waals surface area (Å²) >= 11 is 0. The number of anilines is 6. The van der Waals surface area contributed by atoms with E-state index in [0.29, 0.717) is 96.1 Å². The number of hydrogen-bond acceptors (Lipinski definition) is 14. The Balaban J connectivity index is 0.838. The standard InChI is InChI=1S/C46H50N10O7/c1-6-62-40-23-30(13-16-35(40)49-45-48-26-37-42(50-45)53(4)36-10-8-7-9-32(36)44(60)54(37)5)55-20-17-28(18-21-55)43(59)47-19-22-63-31-14-11-29(12-15-31)56-41(51-52-46(56)61)34-24-33(27(2)3)38(57)25-39(34)58/h7-16,23-28,57-58H,6,17-22H2,1-5H3,(H,47,59)(H,52,61)(H,48,49,50). The number of carbonyl (C=O) groups is 2. The number of nitrogens with zero attached hydrogens (tertiary/aromatic N) is 8. The highest BCUT2D eigenvalue weighted by Crippen LogP contribution is 2.41. The average Bonchev–Trinajstić information content (AvgIpc) is 3.65. The molecule has 2 aromatic heterocycles. The molecule has 8 rings (SSSR count). The van der Waals surface area contributed by atoms with Gasteiger partial charge in [0.05, 0.1) is 47.5 Å². The normalized spacial score (nSPS) is 14.0. The minimum atomic E-state index is -0.366. The number of piperidine rings is 1. The number of para-hydroxylation sites is 1. The number of hydrogen-bond donors (Lipinski definition) is 5. The highest BCUT2D eigenvalue weighted by Gasteiger charge is 2.30. The smallest absolute Gasteiger partial charge is 0.319 e. The molecule has 1 fully saturated rings. The van der Waals surface area contributed by atoms with E-state index in [1.807, 2.05) is 75.2 Å². The zero-order valence-corrected chi connectivity index (χ0v) is 35.7. The Morgan fingerprint density at radius 2 is 1.60 bits per heavy atom. The highest BCUT2D eigenvalue weighted by atomic mass is 16.5. The molecule has 4 aromatic carbocycles. The topological polar surface area (TPSA) is 204 Å². The first-order valence-electron chi connectivity index (χ1n) is 20.9. The second-order valence-corrected chi connectivity index (χ2v) is 15.7. The summed E-state index contributed by atoms with van der Waals surface area (Å²) in [5.41, 5.74) is 5.08. The second-order valence-electron chi connectivity index (χ2n) is 15.7. The van der Waals surface area contributed by atoms with Gasteiger partial charge in [-0.1, -0.05) is 31.1 Å². The summed E-state index contributed by atoms with van der Waals surface area (Å²) in [4.78, 5) is 41.5. The molecule has 0 aliphatic carbocycles. The molecule has 6 aromatic rings. The fraction of sp³-hybridized carbons (Fsp3) is 0.304. The van der Waals surface area contributed by atoms with Crippen LogP contribution >= 0.6 is 0 Å². The van der Waals surface area contributed by atoms with Gasteiger partial charge in [-0.15, -0.1) is 5.10 Å². The molecule has 0 radical (unpaired) electrons. The Morgan fingerprint density at radius 3 is 2.35 bits per heavy atom. The number of phenolic OH excluding ortho intramolecular Hbond substituents is 2. The number of phenols is 2. The van der Waals surface area contributed by atoms with Crippen molar-refractivity contribution in [2.45, 2.75) is 39.5 Å². The van der Waals surface area contributed by atoms with Crippen molar-refractivity contribution in [1.82, 2.24) is 30.0 Å². The van der Waals surface area contributed by atoms with Crippen LogP contribution in [0.15, 0.2) is 85.1 Å². The third kappa shape index (κ3) is 8.54. The third-order valence-electron chi connectivity index (χ3n) is 11.4. The van der Waals surface area contributed by atoms with E-state index in [0.717, 1.165) is 11.4 Å². The van der Waals surface area contributed by atoms with Crippen LogP contribution < -0.4 is 34.8 Å². The molecular formula is C46H50N10O7. The molecule has 1 saturated heterocycles. The number of nitrogens with one attached hydrogen (secondary N) is 2. The Kier molecular flexibility index (Phi) is 11.9. The van der Waals surface area contributed by atoms with E-state index in [9.17, 15) is 24.9 Å². The van der Waals surface area contributed by atoms with Crippen molar-refractivity contribution >= 4 is 46.3 Å². The van der Waals surface area contributed by atoms with Gasteiger partial charge in [-0.3, -0.25) is 9.59 Å². The Hall–Kier alpha value is -7.56. The molecule has 17 nitrogen and oxygen atoms in total. The predicted molar refractivity (Wildman–Crippen MR) is 239 cm³/mol. The molecule has 2 aliphatic heterocycles. The molecule has 17 heteroatoms. The van der Waals surface area contributed by atoms with Crippen LogP contribution in [-0.2, 0) is 4.79 Å². The molecule has 0 bridgehead atoms. The van der Waals surface area contributed by atoms with Gasteiger partial charge in [0.25, 0.3) is 5.91 Å². The summed E-state index contributed by atoms with van der Waals surface area (Å²) in [5, 5.41) is 45.7. The lowest BCUT2D eigenvalue weighted by Crippen LogP contribution is -2.41. The molecule has 2 amide bonds. The fourth-order valence-corrected chi connectivity index (χ4v) is 7.97. The maximum absolute atomic E-state index is 13.2. The zero-order chi connectivity index (χ0) is 44.4. The van der Waals surface area contributed by atoms with Crippen LogP contribution in [0.25, 0.3) is 17.1 Å². The first-order chi connectivity index (χ1) is 30.4. The summed E-state index contributed by atoms with van der Waals surface area (Å²) in [6.45, 7) is 8.20. The van der Waals surface area contributed by atoms with Crippen LogP contribution in [0.1, 0.15) is 55.5 Å². The van der Waals surface area contributed by atoms with Gasteiger partial charge in [0.15, 0.2) is 11.6 Å². The van der Waals surface area contributed by atoms with E-state index in [1.54, 1.807) is 48.5 Å². The van der Waals surface area contributed by atoms with Gasteiger partial charge in [0, 0.05) is 50.9 Å². The summed E-state index contributed by atoms with van der Waals surface area (Å²) in [6.07, 6.45) is 3.02. The molecular weight excluding hydrogens is 805 g/mol. The van der Waals surface area contributed by atoms with Crippen molar-refractivity contribution in [3.05, 3.63) is 96.2 Å². The quantitative estimate of drug-likeness (QED) is 0.0753. The maximum Gasteiger partial charge on any atom is 0.319 e. The summed E-state index contributed by atoms with van der Waals surface area (Å²) in [5.74, 6) is 1.84. The van der Waals surface area contributed by atoms with E-state index in [2.05, 4.69) is 30.7 Å². The SMILES string of the molecule is CCOc1cc(N2CCC(C(=O)NCCOc3ccc(-n4c(O)nnc4-c4cc(C(C)C)c(O)cc4O)cc3)CC2)ccc1Nc1ncc2c(n1)N(C)c1ccccc1C(=O)N2C. The van der Waals surface area contributed by atoms with E-state index < -0.39 is 0 Å². The van der Waals surface area contributed by atoms with Crippen LogP contribution in [-0.4, -0.2) is 98.8 Å². The number of ether oxygens (including phenoxy) is 2. The van der Waals surface area contributed by atoms with Crippen molar-refractivity contribution in [3.8, 4) is 46.1 Å². The van der Waals surface area contributed by atoms with Crippen molar-refractivity contribution < 1.29 is 34.4 Å². The van der Waals surface area contributed by atoms with Crippen LogP contribution in [0, 0.1) is 5.92 Å². The number of aromatic nitrogens is 5. The lowest BCUT2D eigenvalue weighted by Gasteiger charge is -2.33. The van der Waals surface area contributed by atoms with Crippen LogP contribution in [0.2, 0.25) is 0 Å². The zero-order valence-electron chi connectivity index (χ0n) is 35.7. The van der Waals surface area contributed by atoms with E-state index >= 15 is 0 Å². The Bertz CT molecular complexity index is 2640. The number of aromatic hydroxyl groups is 3. The van der Waals surface area contributed by atoms with Gasteiger partial charge in [-0.2, -0.15) is 4.98 Å². The molecule has 0 saturated carbocycles. The van der Waals surface area contributed by atoms with E-state index in [-0.39, 0.29) is 53.6 Å². The molecule has 5 N–H and O–H groups in total. The molecule has 0 spiro atoms. The second kappa shape index (κ2) is 17.8. The molecule has 63 heavy (non-hydrogen) atoms. The van der Waals surface area contributed by atoms with Crippen LogP contribution in [0.4, 0.5) is 34.5 Å². The van der Waals surface area contributed by atoms with E-state index in [1.165, 1.54) is 10.6 Å². The summed E-state index contributed by atoms with van der Waals surface area (Å²) in [7, 11) is 3.60. The predicted octanol–water partition coefficient (Wildman–Crippen LogP) is 6.88. The van der Waals surface area contributed by atoms with Gasteiger partial charge < -0.3 is 50.1 Å². The van der Waals surface area contributed by atoms with Crippen molar-refractivity contribution in [1.29, 1.82) is 0 Å². The number of fused-ring (bicyclic) bond motifs is 2. The minimum absolute atomic E-state index is 0.0117. The largest absolute Gasteiger partial charge is 0.508 e. The monoisotopic (exact) mass is 854 g/mol. The minimum Gasteiger partial charge on any atom is -0.508 e. The first-order valence-corrected chi connectivity index (χ1v) is 20.9. The van der Waals surface area contributed by atoms with Crippen LogP contribution in [0.5, 0.6) is 29.0 Å². The van der Waals surface area contributed by atoms with Gasteiger partial charge in [0.1, 0.15) is 35.3 Å². The number of benzene rings is 4. The molecule has 0 atom stereocenters. The maximum atomic E-state index is 13.2. The Labute approximate surface area is 364 Å². The van der Waals surface area contributed by atoms with Gasteiger partial charge in [0.2, 0.25) is 11.9 Å². The highest BCUT2D eigenvalue weighted by molar-refractivity contribution is 6.13. The average molecular weight is 855 g/mol. The van der Waals surface area contributed by atoms with E-state index in [4.69, 9.17) is 14.5 Å². The molecule has 326 valence electrons. The first kappa shape index (κ1) is 42.1. The van der Waals surface area contributed by atoms with Crippen molar-refractivity contribution in [2.75, 3.05) is 67.0 Å². The van der Waals surface area contributed by atoms with Crippen molar-refractivity contribution in [2.24, 2.45) is 5.92 Å². The third-order valence-corrected chi connectivity index (χ3v) is 11.4. The number of amides is 2. The summed E-state index contributed by atoms with van der Waals surface area (Å²) < 4.78 is 13.4. The Morgan fingerprint density at radius 1 is 0.857 bits per heavy atom. The fourth-order valence-electron chi connectivity index (χ4n) is 7.97. The van der Waals surface area contributed by atoms with Gasteiger partial charge >= 0.3 is 6.01 Å². The molecule has 0 unspecified atom stereocenters. The summed E-state index contributed by atoms with van der Waals surface area (Å²) in [6, 6.07) is 22.8. The van der Waals surface area contributed by atoms with Crippen LogP contribution in [0.3, 0.4) is 0 Å². The molecule has 2 aliphatic rings.